The second-order valence-corrected chi connectivity index (χ2v) is 2.47. The molecule has 2 heteroatoms. The van der Waals surface area contributed by atoms with Crippen LogP contribution in [0.4, 0.5) is 5.69 Å². The van der Waals surface area contributed by atoms with Crippen molar-refractivity contribution in [2.75, 3.05) is 0 Å². The molecule has 0 radical (unpaired) electrons. The van der Waals surface area contributed by atoms with Gasteiger partial charge in [-0.05, 0) is 31.7 Å². The number of pyridine rings is 1. The standard InChI is InChI=1S/C9H12N2/c1-4-8-5-7(2)11-6-9(8)10-3/h5-6H,3-4H2,1-2H3. The highest BCUT2D eigenvalue weighted by Gasteiger charge is 1.97. The zero-order chi connectivity index (χ0) is 8.27. The van der Waals surface area contributed by atoms with Crippen molar-refractivity contribution in [2.24, 2.45) is 4.99 Å². The van der Waals surface area contributed by atoms with Gasteiger partial charge in [0.05, 0.1) is 11.9 Å². The molecule has 0 aliphatic rings. The maximum atomic E-state index is 4.12. The van der Waals surface area contributed by atoms with Gasteiger partial charge in [0.15, 0.2) is 0 Å². The minimum atomic E-state index is 0.901. The summed E-state index contributed by atoms with van der Waals surface area (Å²) in [5, 5.41) is 0. The molecule has 1 aromatic heterocycles. The fourth-order valence-corrected chi connectivity index (χ4v) is 1.03. The Morgan fingerprint density at radius 3 is 2.91 bits per heavy atom. The predicted octanol–water partition coefficient (Wildman–Crippen LogP) is 2.28. The van der Waals surface area contributed by atoms with Crippen LogP contribution in [0.2, 0.25) is 0 Å². The minimum absolute atomic E-state index is 0.901. The zero-order valence-corrected chi connectivity index (χ0v) is 6.96. The minimum Gasteiger partial charge on any atom is -0.263 e. The van der Waals surface area contributed by atoms with Crippen LogP contribution in [-0.2, 0) is 6.42 Å². The fourth-order valence-electron chi connectivity index (χ4n) is 1.03. The van der Waals surface area contributed by atoms with Gasteiger partial charge in [0.2, 0.25) is 0 Å². The number of hydrogen-bond donors (Lipinski definition) is 0. The Balaban J connectivity index is 3.16. The van der Waals surface area contributed by atoms with Gasteiger partial charge in [0, 0.05) is 5.69 Å². The summed E-state index contributed by atoms with van der Waals surface area (Å²) in [6, 6.07) is 2.05. The highest BCUT2D eigenvalue weighted by molar-refractivity contribution is 5.50. The quantitative estimate of drug-likeness (QED) is 0.591. The van der Waals surface area contributed by atoms with Gasteiger partial charge in [-0.25, -0.2) is 0 Å². The van der Waals surface area contributed by atoms with E-state index in [0.29, 0.717) is 0 Å². The van der Waals surface area contributed by atoms with Gasteiger partial charge >= 0.3 is 0 Å². The monoisotopic (exact) mass is 148 g/mol. The third-order valence-corrected chi connectivity index (χ3v) is 1.65. The molecule has 0 aromatic carbocycles. The van der Waals surface area contributed by atoms with Gasteiger partial charge in [-0.15, -0.1) is 0 Å². The van der Waals surface area contributed by atoms with E-state index in [4.69, 9.17) is 0 Å². The van der Waals surface area contributed by atoms with E-state index in [1.165, 1.54) is 5.56 Å². The largest absolute Gasteiger partial charge is 0.263 e. The predicted molar refractivity (Wildman–Crippen MR) is 47.6 cm³/mol. The van der Waals surface area contributed by atoms with Crippen LogP contribution in [0.3, 0.4) is 0 Å². The van der Waals surface area contributed by atoms with E-state index in [2.05, 4.69) is 23.6 Å². The Kier molecular flexibility index (Phi) is 2.36. The first-order valence-electron chi connectivity index (χ1n) is 3.70. The molecule has 0 saturated carbocycles. The van der Waals surface area contributed by atoms with Crippen molar-refractivity contribution >= 4 is 12.4 Å². The second-order valence-electron chi connectivity index (χ2n) is 2.47. The number of hydrogen-bond acceptors (Lipinski definition) is 2. The van der Waals surface area contributed by atoms with Gasteiger partial charge in [-0.3, -0.25) is 9.98 Å². The summed E-state index contributed by atoms with van der Waals surface area (Å²) in [6.07, 6.45) is 2.75. The van der Waals surface area contributed by atoms with E-state index in [1.807, 2.05) is 13.0 Å². The molecule has 0 aliphatic heterocycles. The average molecular weight is 148 g/mol. The Hall–Kier alpha value is -1.18. The molecule has 0 aliphatic carbocycles. The Labute approximate surface area is 67.0 Å². The molecule has 2 nitrogen and oxygen atoms in total. The topological polar surface area (TPSA) is 25.2 Å². The first-order valence-corrected chi connectivity index (χ1v) is 3.70. The molecule has 0 amide bonds. The van der Waals surface area contributed by atoms with Crippen molar-refractivity contribution in [2.45, 2.75) is 20.3 Å². The van der Waals surface area contributed by atoms with Crippen LogP contribution in [0.25, 0.3) is 0 Å². The zero-order valence-electron chi connectivity index (χ0n) is 6.96. The summed E-state index contributed by atoms with van der Waals surface area (Å²) >= 11 is 0. The van der Waals surface area contributed by atoms with E-state index < -0.39 is 0 Å². The van der Waals surface area contributed by atoms with E-state index in [-0.39, 0.29) is 0 Å². The lowest BCUT2D eigenvalue weighted by Gasteiger charge is -2.01. The second kappa shape index (κ2) is 3.28. The maximum Gasteiger partial charge on any atom is 0.0837 e. The molecule has 1 heterocycles. The van der Waals surface area contributed by atoms with Crippen molar-refractivity contribution in [3.63, 3.8) is 0 Å². The molecule has 1 rings (SSSR count). The number of aliphatic imine (C=N–C) groups is 1. The van der Waals surface area contributed by atoms with Crippen LogP contribution < -0.4 is 0 Å². The van der Waals surface area contributed by atoms with Crippen molar-refractivity contribution in [1.29, 1.82) is 0 Å². The lowest BCUT2D eigenvalue weighted by molar-refractivity contribution is 1.08. The highest BCUT2D eigenvalue weighted by Crippen LogP contribution is 2.17. The van der Waals surface area contributed by atoms with Gasteiger partial charge in [0.25, 0.3) is 0 Å². The van der Waals surface area contributed by atoms with Gasteiger partial charge in [-0.1, -0.05) is 6.92 Å². The number of aromatic nitrogens is 1. The summed E-state index contributed by atoms with van der Waals surface area (Å²) in [5.74, 6) is 0. The van der Waals surface area contributed by atoms with Crippen LogP contribution in [-0.4, -0.2) is 11.7 Å². The van der Waals surface area contributed by atoms with Crippen LogP contribution in [0.15, 0.2) is 17.3 Å². The molecule has 0 fully saturated rings. The Morgan fingerprint density at radius 2 is 2.36 bits per heavy atom. The molecular formula is C9H12N2. The number of nitrogens with zero attached hydrogens (tertiary/aromatic N) is 2. The van der Waals surface area contributed by atoms with Gasteiger partial charge in [-0.2, -0.15) is 0 Å². The van der Waals surface area contributed by atoms with E-state index in [1.54, 1.807) is 6.20 Å². The molecule has 0 atom stereocenters. The van der Waals surface area contributed by atoms with E-state index in [9.17, 15) is 0 Å². The summed E-state index contributed by atoms with van der Waals surface area (Å²) in [4.78, 5) is 7.99. The fraction of sp³-hybridized carbons (Fsp3) is 0.333. The smallest absolute Gasteiger partial charge is 0.0837 e. The maximum absolute atomic E-state index is 4.12. The molecule has 0 unspecified atom stereocenters. The molecule has 0 N–H and O–H groups in total. The van der Waals surface area contributed by atoms with Gasteiger partial charge in [0.1, 0.15) is 0 Å². The van der Waals surface area contributed by atoms with E-state index in [0.717, 1.165) is 17.8 Å². The normalized spacial score (nSPS) is 9.64. The third kappa shape index (κ3) is 1.64. The first-order chi connectivity index (χ1) is 5.27. The van der Waals surface area contributed by atoms with Crippen molar-refractivity contribution in [1.82, 2.24) is 4.98 Å². The molecule has 0 saturated heterocycles. The van der Waals surface area contributed by atoms with Gasteiger partial charge < -0.3 is 0 Å². The molecule has 58 valence electrons. The lowest BCUT2D eigenvalue weighted by atomic mass is 10.1. The van der Waals surface area contributed by atoms with Crippen molar-refractivity contribution < 1.29 is 0 Å². The Bertz CT molecular complexity index is 266. The summed E-state index contributed by atoms with van der Waals surface area (Å²) < 4.78 is 0. The average Bonchev–Trinajstić information content (AvgIpc) is 2.04. The molecular weight excluding hydrogens is 136 g/mol. The highest BCUT2D eigenvalue weighted by atomic mass is 14.8. The van der Waals surface area contributed by atoms with Crippen molar-refractivity contribution in [3.05, 3.63) is 23.5 Å². The SMILES string of the molecule is C=Nc1cnc(C)cc1CC. The molecule has 0 bridgehead atoms. The molecule has 1 aromatic rings. The van der Waals surface area contributed by atoms with Crippen molar-refractivity contribution in [3.8, 4) is 0 Å². The lowest BCUT2D eigenvalue weighted by Crippen LogP contribution is -1.86. The summed E-state index contributed by atoms with van der Waals surface area (Å²) in [6.45, 7) is 7.56. The van der Waals surface area contributed by atoms with Crippen LogP contribution in [0.5, 0.6) is 0 Å². The first kappa shape index (κ1) is 7.92. The van der Waals surface area contributed by atoms with Crippen LogP contribution in [0.1, 0.15) is 18.2 Å². The van der Waals surface area contributed by atoms with Crippen LogP contribution in [0, 0.1) is 6.92 Å². The van der Waals surface area contributed by atoms with Crippen LogP contribution >= 0.6 is 0 Å². The number of rotatable bonds is 2. The number of aryl methyl sites for hydroxylation is 2. The molecule has 11 heavy (non-hydrogen) atoms. The summed E-state index contributed by atoms with van der Waals surface area (Å²) in [5.41, 5.74) is 3.15. The summed E-state index contributed by atoms with van der Waals surface area (Å²) in [7, 11) is 0. The Morgan fingerprint density at radius 1 is 1.64 bits per heavy atom. The molecule has 0 spiro atoms. The van der Waals surface area contributed by atoms with E-state index >= 15 is 0 Å². The third-order valence-electron chi connectivity index (χ3n) is 1.65.